The van der Waals surface area contributed by atoms with E-state index in [9.17, 15) is 36.6 Å². The van der Waals surface area contributed by atoms with Crippen molar-refractivity contribution < 1.29 is 55.6 Å². The number of nitrogens with one attached hydrogen (secondary N) is 1. The van der Waals surface area contributed by atoms with Crippen molar-refractivity contribution in [2.24, 2.45) is 11.7 Å². The zero-order valence-corrected chi connectivity index (χ0v) is 26.4. The van der Waals surface area contributed by atoms with E-state index in [1.807, 2.05) is 0 Å². The minimum Gasteiger partial charge on any atom is -0.494 e. The van der Waals surface area contributed by atoms with Gasteiger partial charge in [0.1, 0.15) is 34.9 Å². The van der Waals surface area contributed by atoms with Crippen molar-refractivity contribution in [3.8, 4) is 34.3 Å². The van der Waals surface area contributed by atoms with Gasteiger partial charge in [0.15, 0.2) is 11.5 Å². The Morgan fingerprint density at radius 1 is 1.14 bits per heavy atom. The van der Waals surface area contributed by atoms with Crippen molar-refractivity contribution in [1.29, 1.82) is 0 Å². The van der Waals surface area contributed by atoms with Crippen molar-refractivity contribution in [2.45, 2.75) is 56.2 Å². The van der Waals surface area contributed by atoms with Gasteiger partial charge in [-0.2, -0.15) is 5.10 Å². The van der Waals surface area contributed by atoms with Gasteiger partial charge < -0.3 is 35.1 Å². The number of primary amides is 1. The van der Waals surface area contributed by atoms with E-state index in [-0.39, 0.29) is 51.1 Å². The van der Waals surface area contributed by atoms with Crippen LogP contribution in [0, 0.1) is 5.92 Å². The van der Waals surface area contributed by atoms with E-state index in [1.165, 1.54) is 42.3 Å². The van der Waals surface area contributed by atoms with Gasteiger partial charge in [-0.15, -0.1) is 8.78 Å². The number of carbonyl (C=O) groups is 2. The fourth-order valence-corrected chi connectivity index (χ4v) is 5.98. The minimum atomic E-state index is -3.95. The molecule has 1 atom stereocenters. The van der Waals surface area contributed by atoms with E-state index in [2.05, 4.69) is 24.9 Å². The molecule has 50 heavy (non-hydrogen) atoms. The third-order valence-corrected chi connectivity index (χ3v) is 8.79. The molecule has 0 bridgehead atoms. The zero-order valence-electron chi connectivity index (χ0n) is 26.4. The van der Waals surface area contributed by atoms with Crippen molar-refractivity contribution in [3.63, 3.8) is 0 Å². The molecular formula is C33H30F5N5O7. The molecule has 2 aromatic heterocycles. The molecule has 17 heteroatoms. The Morgan fingerprint density at radius 3 is 2.54 bits per heavy atom. The molecule has 0 saturated heterocycles. The molecule has 7 rings (SSSR count). The van der Waals surface area contributed by atoms with Crippen molar-refractivity contribution in [2.75, 3.05) is 20.3 Å². The number of aliphatic hydroxyl groups is 1. The summed E-state index contributed by atoms with van der Waals surface area (Å²) >= 11 is 0. The number of ether oxygens (including phenoxy) is 4. The summed E-state index contributed by atoms with van der Waals surface area (Å²) in [6.07, 6.45) is -4.23. The number of nitrogens with two attached hydrogens (primary N) is 1. The Labute approximate surface area is 280 Å². The smallest absolute Gasteiger partial charge is 0.494 e. The Hall–Kier alpha value is -5.19. The number of benzene rings is 2. The van der Waals surface area contributed by atoms with E-state index in [4.69, 9.17) is 15.2 Å². The highest BCUT2D eigenvalue weighted by Gasteiger charge is 2.48. The molecule has 1 aliphatic heterocycles. The van der Waals surface area contributed by atoms with Gasteiger partial charge in [-0.05, 0) is 55.2 Å². The summed E-state index contributed by atoms with van der Waals surface area (Å²) in [4.78, 5) is 30.2. The number of fused-ring (bicyclic) bond motifs is 2. The summed E-state index contributed by atoms with van der Waals surface area (Å²) in [5.74, 6) is -4.23. The maximum Gasteiger partial charge on any atom is 0.586 e. The predicted molar refractivity (Wildman–Crippen MR) is 164 cm³/mol. The van der Waals surface area contributed by atoms with Gasteiger partial charge in [0, 0.05) is 41.1 Å². The third-order valence-electron chi connectivity index (χ3n) is 8.79. The SMILES string of the molecule is COc1cc(C(=O)NC[C@](O)(c2cc(CC(N)=O)c(OCC(F)F)c(-c3ccc4c(c3)OC(F)(F)O4)n2)C2CC2)cc2cn(C3(F)CC3)nc12. The number of methoxy groups -OCH3 is 1. The van der Waals surface area contributed by atoms with Crippen LogP contribution in [-0.2, 0) is 22.6 Å². The fraction of sp³-hybridized carbons (Fsp3) is 0.394. The van der Waals surface area contributed by atoms with Crippen LogP contribution < -0.4 is 30.0 Å². The number of hydrogen-bond acceptors (Lipinski definition) is 9. The fourth-order valence-electron chi connectivity index (χ4n) is 5.98. The quantitative estimate of drug-likeness (QED) is 0.170. The van der Waals surface area contributed by atoms with Crippen molar-refractivity contribution in [3.05, 3.63) is 59.4 Å². The summed E-state index contributed by atoms with van der Waals surface area (Å²) in [6.45, 7) is -1.50. The topological polar surface area (TPSA) is 160 Å². The number of nitrogens with zero attached hydrogens (tertiary/aromatic N) is 3. The van der Waals surface area contributed by atoms with Crippen LogP contribution in [0.3, 0.4) is 0 Å². The molecule has 3 aliphatic rings. The maximum atomic E-state index is 14.7. The zero-order chi connectivity index (χ0) is 35.6. The normalized spacial score (nSPS) is 18.2. The van der Waals surface area contributed by atoms with Crippen LogP contribution in [0.25, 0.3) is 22.2 Å². The van der Waals surface area contributed by atoms with E-state index >= 15 is 0 Å². The lowest BCUT2D eigenvalue weighted by Gasteiger charge is -2.30. The van der Waals surface area contributed by atoms with Gasteiger partial charge in [0.2, 0.25) is 11.7 Å². The van der Waals surface area contributed by atoms with Gasteiger partial charge >= 0.3 is 6.29 Å². The highest BCUT2D eigenvalue weighted by atomic mass is 19.3. The molecule has 4 aromatic rings. The second-order valence-electron chi connectivity index (χ2n) is 12.5. The minimum absolute atomic E-state index is 0.0138. The van der Waals surface area contributed by atoms with Crippen LogP contribution in [-0.4, -0.2) is 64.7 Å². The molecule has 3 heterocycles. The lowest BCUT2D eigenvalue weighted by atomic mass is 9.90. The molecule has 2 amide bonds. The average molecular weight is 704 g/mol. The Bertz CT molecular complexity index is 2020. The van der Waals surface area contributed by atoms with Crippen LogP contribution in [0.1, 0.15) is 47.3 Å². The summed E-state index contributed by atoms with van der Waals surface area (Å²) in [7, 11) is 1.39. The first-order valence-corrected chi connectivity index (χ1v) is 15.6. The van der Waals surface area contributed by atoms with Gasteiger partial charge in [-0.1, -0.05) is 0 Å². The van der Waals surface area contributed by atoms with Crippen LogP contribution in [0.4, 0.5) is 22.0 Å². The highest BCUT2D eigenvalue weighted by molar-refractivity contribution is 6.00. The lowest BCUT2D eigenvalue weighted by molar-refractivity contribution is -0.286. The first-order chi connectivity index (χ1) is 23.7. The monoisotopic (exact) mass is 703 g/mol. The molecule has 0 spiro atoms. The third kappa shape index (κ3) is 6.32. The van der Waals surface area contributed by atoms with Gasteiger partial charge in [-0.3, -0.25) is 9.59 Å². The Balaban J connectivity index is 1.25. The Morgan fingerprint density at radius 2 is 1.88 bits per heavy atom. The predicted octanol–water partition coefficient (Wildman–Crippen LogP) is 4.54. The van der Waals surface area contributed by atoms with Crippen LogP contribution in [0.5, 0.6) is 23.0 Å². The number of aromatic nitrogens is 3. The summed E-state index contributed by atoms with van der Waals surface area (Å²) in [5, 5.41) is 19.6. The van der Waals surface area contributed by atoms with E-state index in [1.54, 1.807) is 0 Å². The van der Waals surface area contributed by atoms with E-state index in [0.717, 1.165) is 12.1 Å². The second kappa shape index (κ2) is 12.0. The largest absolute Gasteiger partial charge is 0.586 e. The van der Waals surface area contributed by atoms with Gasteiger partial charge in [-0.25, -0.2) is 22.8 Å². The Kier molecular flexibility index (Phi) is 7.99. The molecule has 0 unspecified atom stereocenters. The molecule has 2 saturated carbocycles. The van der Waals surface area contributed by atoms with Gasteiger partial charge in [0.25, 0.3) is 12.3 Å². The molecule has 2 aliphatic carbocycles. The number of carbonyl (C=O) groups excluding carboxylic acids is 2. The van der Waals surface area contributed by atoms with Crippen LogP contribution >= 0.6 is 0 Å². The highest BCUT2D eigenvalue weighted by Crippen LogP contribution is 2.49. The number of pyridine rings is 1. The summed E-state index contributed by atoms with van der Waals surface area (Å²) in [5.41, 5.74) is 3.90. The summed E-state index contributed by atoms with van der Waals surface area (Å²) < 4.78 is 90.1. The molecule has 264 valence electrons. The van der Waals surface area contributed by atoms with Crippen molar-refractivity contribution in [1.82, 2.24) is 20.1 Å². The molecule has 0 radical (unpaired) electrons. The number of halogens is 5. The maximum absolute atomic E-state index is 14.7. The van der Waals surface area contributed by atoms with E-state index < -0.39 is 61.4 Å². The standard InChI is InChI=1S/C33H30F5N5O7/c1-47-23-10-18(8-19-13-43(42-27(19)23)31(36)6-7-31)30(45)40-15-32(46,20-3-4-20)24-11-17(12-26(39)44)29(48-14-25(34)35)28(41-24)16-2-5-21-22(9-16)50-33(37,38)49-21/h2,5,8-11,13,20,25,46H,3-4,6-7,12,14-15H2,1H3,(H2,39,44)(H,40,45)/t32-/m1/s1. The summed E-state index contributed by atoms with van der Waals surface area (Å²) in [6, 6.07) is 7.82. The number of alkyl halides is 5. The van der Waals surface area contributed by atoms with Gasteiger partial charge in [0.05, 0.1) is 25.8 Å². The molecule has 12 nitrogen and oxygen atoms in total. The second-order valence-corrected chi connectivity index (χ2v) is 12.5. The van der Waals surface area contributed by atoms with E-state index in [0.29, 0.717) is 36.6 Å². The van der Waals surface area contributed by atoms with Crippen LogP contribution in [0.15, 0.2) is 42.6 Å². The molecule has 4 N–H and O–H groups in total. The first kappa shape index (κ1) is 33.3. The van der Waals surface area contributed by atoms with Crippen molar-refractivity contribution >= 4 is 22.7 Å². The number of rotatable bonds is 13. The average Bonchev–Trinajstić information content (AvgIpc) is 3.98. The number of hydrogen-bond donors (Lipinski definition) is 3. The first-order valence-electron chi connectivity index (χ1n) is 15.6. The lowest BCUT2D eigenvalue weighted by Crippen LogP contribution is -2.43. The molecular weight excluding hydrogens is 673 g/mol. The molecule has 2 aromatic carbocycles. The van der Waals surface area contributed by atoms with Crippen LogP contribution in [0.2, 0.25) is 0 Å². The molecule has 2 fully saturated rings. The number of amides is 2.